The van der Waals surface area contributed by atoms with Gasteiger partial charge in [-0.3, -0.25) is 9.59 Å². The van der Waals surface area contributed by atoms with Crippen molar-refractivity contribution in [2.45, 2.75) is 26.3 Å². The third-order valence-electron chi connectivity index (χ3n) is 4.01. The molecule has 1 saturated heterocycles. The maximum Gasteiger partial charge on any atom is 0.256 e. The maximum absolute atomic E-state index is 12.7. The van der Waals surface area contributed by atoms with Crippen LogP contribution in [0.4, 0.5) is 11.4 Å². The number of carbonyl (C=O) groups is 2. The fourth-order valence-corrected chi connectivity index (χ4v) is 3.09. The molecule has 0 aliphatic carbocycles. The highest BCUT2D eigenvalue weighted by atomic mass is 35.5. The number of hydrogen-bond acceptors (Lipinski definition) is 3. The van der Waals surface area contributed by atoms with Gasteiger partial charge in [0.05, 0.1) is 22.8 Å². The molecule has 1 atom stereocenters. The second kappa shape index (κ2) is 6.05. The van der Waals surface area contributed by atoms with Crippen LogP contribution in [0.15, 0.2) is 42.5 Å². The number of nitrogens with one attached hydrogen (secondary N) is 1. The van der Waals surface area contributed by atoms with E-state index in [1.165, 1.54) is 4.90 Å². The Morgan fingerprint density at radius 1 is 1.04 bits per heavy atom. The van der Waals surface area contributed by atoms with Crippen LogP contribution in [0, 0.1) is 13.8 Å². The van der Waals surface area contributed by atoms with Gasteiger partial charge in [-0.05, 0) is 37.1 Å². The molecule has 1 unspecified atom stereocenters. The average Bonchev–Trinajstić information content (AvgIpc) is 2.77. The van der Waals surface area contributed by atoms with E-state index < -0.39 is 6.04 Å². The van der Waals surface area contributed by atoms with E-state index in [-0.39, 0.29) is 18.2 Å². The number of para-hydroxylation sites is 2. The van der Waals surface area contributed by atoms with E-state index >= 15 is 0 Å². The molecule has 0 aromatic heterocycles. The van der Waals surface area contributed by atoms with Crippen molar-refractivity contribution in [2.75, 3.05) is 10.2 Å². The summed E-state index contributed by atoms with van der Waals surface area (Å²) in [5.41, 5.74) is 3.16. The van der Waals surface area contributed by atoms with E-state index in [0.717, 1.165) is 11.1 Å². The molecule has 4 nitrogen and oxygen atoms in total. The Kier molecular flexibility index (Phi) is 4.09. The molecule has 1 aliphatic heterocycles. The van der Waals surface area contributed by atoms with Gasteiger partial charge in [-0.1, -0.05) is 41.9 Å². The van der Waals surface area contributed by atoms with Gasteiger partial charge in [-0.25, -0.2) is 4.90 Å². The Morgan fingerprint density at radius 2 is 1.70 bits per heavy atom. The largest absolute Gasteiger partial charge is 0.372 e. The second-order valence-electron chi connectivity index (χ2n) is 5.69. The van der Waals surface area contributed by atoms with Crippen LogP contribution in [-0.4, -0.2) is 17.9 Å². The van der Waals surface area contributed by atoms with E-state index in [0.29, 0.717) is 16.4 Å². The fourth-order valence-electron chi connectivity index (χ4n) is 2.90. The lowest BCUT2D eigenvalue weighted by atomic mass is 10.1. The molecule has 0 spiro atoms. The number of anilines is 2. The van der Waals surface area contributed by atoms with Crippen LogP contribution in [0.2, 0.25) is 5.02 Å². The smallest absolute Gasteiger partial charge is 0.256 e. The molecule has 0 saturated carbocycles. The molecule has 1 N–H and O–H groups in total. The van der Waals surface area contributed by atoms with Crippen molar-refractivity contribution in [3.05, 3.63) is 58.6 Å². The van der Waals surface area contributed by atoms with Crippen molar-refractivity contribution in [3.63, 3.8) is 0 Å². The zero-order valence-corrected chi connectivity index (χ0v) is 13.7. The summed E-state index contributed by atoms with van der Waals surface area (Å²) in [6.07, 6.45) is 0.123. The van der Waals surface area contributed by atoms with E-state index in [9.17, 15) is 9.59 Å². The Labute approximate surface area is 140 Å². The van der Waals surface area contributed by atoms with E-state index in [4.69, 9.17) is 11.6 Å². The summed E-state index contributed by atoms with van der Waals surface area (Å²) in [5, 5.41) is 3.61. The molecule has 1 fully saturated rings. The van der Waals surface area contributed by atoms with Crippen molar-refractivity contribution in [2.24, 2.45) is 0 Å². The third-order valence-corrected chi connectivity index (χ3v) is 4.34. The summed E-state index contributed by atoms with van der Waals surface area (Å²) in [5.74, 6) is -0.440. The number of nitrogens with zero attached hydrogens (tertiary/aromatic N) is 1. The number of halogens is 1. The number of aryl methyl sites for hydroxylation is 2. The van der Waals surface area contributed by atoms with E-state index in [1.807, 2.05) is 44.2 Å². The molecular weight excluding hydrogens is 312 g/mol. The first-order valence-corrected chi connectivity index (χ1v) is 7.81. The van der Waals surface area contributed by atoms with Gasteiger partial charge in [0.1, 0.15) is 6.04 Å². The Hall–Kier alpha value is -2.33. The summed E-state index contributed by atoms with van der Waals surface area (Å²) in [6, 6.07) is 12.3. The minimum Gasteiger partial charge on any atom is -0.372 e. The van der Waals surface area contributed by atoms with Crippen LogP contribution < -0.4 is 10.2 Å². The molecule has 2 aromatic rings. The van der Waals surface area contributed by atoms with E-state index in [1.54, 1.807) is 12.1 Å². The lowest BCUT2D eigenvalue weighted by molar-refractivity contribution is -0.121. The zero-order valence-electron chi connectivity index (χ0n) is 13.0. The first-order chi connectivity index (χ1) is 11.0. The standard InChI is InChI=1S/C18H17ClN2O2/c1-11-6-5-7-12(2)17(11)21-16(22)10-15(18(21)23)20-14-9-4-3-8-13(14)19/h3-9,15,20H,10H2,1-2H3. The third kappa shape index (κ3) is 2.82. The zero-order chi connectivity index (χ0) is 16.6. The molecule has 5 heteroatoms. The number of hydrogen-bond donors (Lipinski definition) is 1. The highest BCUT2D eigenvalue weighted by Crippen LogP contribution is 2.31. The molecule has 118 valence electrons. The van der Waals surface area contributed by atoms with Crippen LogP contribution in [-0.2, 0) is 9.59 Å². The van der Waals surface area contributed by atoms with Gasteiger partial charge in [-0.2, -0.15) is 0 Å². The normalized spacial score (nSPS) is 17.7. The Balaban J connectivity index is 1.90. The summed E-state index contributed by atoms with van der Waals surface area (Å²) in [6.45, 7) is 3.80. The minimum absolute atomic E-state index is 0.123. The van der Waals surface area contributed by atoms with Gasteiger partial charge >= 0.3 is 0 Å². The van der Waals surface area contributed by atoms with Gasteiger partial charge in [0.15, 0.2) is 0 Å². The predicted molar refractivity (Wildman–Crippen MR) is 91.9 cm³/mol. The first kappa shape index (κ1) is 15.6. The molecular formula is C18H17ClN2O2. The number of carbonyl (C=O) groups excluding carboxylic acids is 2. The summed E-state index contributed by atoms with van der Waals surface area (Å²) in [4.78, 5) is 26.4. The molecule has 3 rings (SSSR count). The topological polar surface area (TPSA) is 49.4 Å². The quantitative estimate of drug-likeness (QED) is 0.874. The SMILES string of the molecule is Cc1cccc(C)c1N1C(=O)CC(Nc2ccccc2Cl)C1=O. The number of imide groups is 1. The van der Waals surface area contributed by atoms with Crippen LogP contribution in [0.1, 0.15) is 17.5 Å². The maximum atomic E-state index is 12.7. The van der Waals surface area contributed by atoms with Crippen LogP contribution in [0.5, 0.6) is 0 Å². The monoisotopic (exact) mass is 328 g/mol. The minimum atomic E-state index is -0.596. The molecule has 1 heterocycles. The number of benzene rings is 2. The number of amides is 2. The van der Waals surface area contributed by atoms with Crippen LogP contribution in [0.3, 0.4) is 0 Å². The van der Waals surface area contributed by atoms with Gasteiger partial charge < -0.3 is 5.32 Å². The van der Waals surface area contributed by atoms with Gasteiger partial charge in [0.2, 0.25) is 5.91 Å². The van der Waals surface area contributed by atoms with Crippen molar-refractivity contribution in [3.8, 4) is 0 Å². The average molecular weight is 329 g/mol. The molecule has 0 radical (unpaired) electrons. The Bertz CT molecular complexity index is 768. The molecule has 1 aliphatic rings. The molecule has 2 aromatic carbocycles. The van der Waals surface area contributed by atoms with Crippen molar-refractivity contribution < 1.29 is 9.59 Å². The van der Waals surface area contributed by atoms with Crippen molar-refractivity contribution in [1.82, 2.24) is 0 Å². The van der Waals surface area contributed by atoms with E-state index in [2.05, 4.69) is 5.32 Å². The summed E-state index contributed by atoms with van der Waals surface area (Å²) < 4.78 is 0. The lowest BCUT2D eigenvalue weighted by Crippen LogP contribution is -2.35. The van der Waals surface area contributed by atoms with Gasteiger partial charge in [-0.15, -0.1) is 0 Å². The predicted octanol–water partition coefficient (Wildman–Crippen LogP) is 3.70. The first-order valence-electron chi connectivity index (χ1n) is 7.43. The highest BCUT2D eigenvalue weighted by Gasteiger charge is 2.40. The van der Waals surface area contributed by atoms with Gasteiger partial charge in [0.25, 0.3) is 5.91 Å². The Morgan fingerprint density at radius 3 is 2.35 bits per heavy atom. The molecule has 0 bridgehead atoms. The summed E-state index contributed by atoms with van der Waals surface area (Å²) >= 11 is 6.12. The second-order valence-corrected chi connectivity index (χ2v) is 6.10. The highest BCUT2D eigenvalue weighted by molar-refractivity contribution is 6.33. The van der Waals surface area contributed by atoms with Crippen LogP contribution in [0.25, 0.3) is 0 Å². The fraction of sp³-hybridized carbons (Fsp3) is 0.222. The van der Waals surface area contributed by atoms with Crippen LogP contribution >= 0.6 is 11.6 Å². The van der Waals surface area contributed by atoms with Gasteiger partial charge in [0, 0.05) is 0 Å². The lowest BCUT2D eigenvalue weighted by Gasteiger charge is -2.20. The molecule has 2 amide bonds. The van der Waals surface area contributed by atoms with Crippen molar-refractivity contribution >= 4 is 34.8 Å². The molecule has 23 heavy (non-hydrogen) atoms. The van der Waals surface area contributed by atoms with Crippen molar-refractivity contribution in [1.29, 1.82) is 0 Å². The number of rotatable bonds is 3. The summed E-state index contributed by atoms with van der Waals surface area (Å²) in [7, 11) is 0.